The number of rotatable bonds is 3. The minimum atomic E-state index is -0.00820. The standard InChI is InChI=1S/C25H26N6O/c1-15-3-5-21-20(11-15)24(30-29-21)25(32)31-9-7-17(8-10-31)22-13-19(12-16(2)28-22)18-4-6-23(26)27-14-18/h3-6,11-14,17H,7-10H2,1-2H3,(H2,26,27)(H,29,30). The van der Waals surface area contributed by atoms with E-state index in [2.05, 4.69) is 27.3 Å². The number of piperidine rings is 1. The highest BCUT2D eigenvalue weighted by molar-refractivity contribution is 6.04. The van der Waals surface area contributed by atoms with Crippen molar-refractivity contribution in [3.8, 4) is 11.1 Å². The number of aryl methyl sites for hydroxylation is 2. The van der Waals surface area contributed by atoms with E-state index in [4.69, 9.17) is 10.7 Å². The van der Waals surface area contributed by atoms with Crippen LogP contribution in [-0.2, 0) is 0 Å². The Morgan fingerprint density at radius 1 is 1.06 bits per heavy atom. The minimum absolute atomic E-state index is 0.00820. The van der Waals surface area contributed by atoms with E-state index in [9.17, 15) is 4.79 Å². The molecule has 1 amide bonds. The number of pyridine rings is 2. The van der Waals surface area contributed by atoms with Gasteiger partial charge in [0.2, 0.25) is 0 Å². The van der Waals surface area contributed by atoms with Crippen LogP contribution in [0.4, 0.5) is 5.82 Å². The lowest BCUT2D eigenvalue weighted by Gasteiger charge is -2.31. The van der Waals surface area contributed by atoms with Crippen LogP contribution in [0.1, 0.15) is 46.2 Å². The molecule has 0 radical (unpaired) electrons. The fourth-order valence-electron chi connectivity index (χ4n) is 4.47. The van der Waals surface area contributed by atoms with Crippen LogP contribution in [0, 0.1) is 13.8 Å². The van der Waals surface area contributed by atoms with Crippen molar-refractivity contribution < 1.29 is 4.79 Å². The van der Waals surface area contributed by atoms with Gasteiger partial charge in [0.15, 0.2) is 5.69 Å². The Kier molecular flexibility index (Phi) is 5.09. The Morgan fingerprint density at radius 3 is 2.62 bits per heavy atom. The SMILES string of the molecule is Cc1ccc2[nH]nc(C(=O)N3CCC(c4cc(-c5ccc(N)nc5)cc(C)n4)CC3)c2c1. The van der Waals surface area contributed by atoms with Crippen LogP contribution in [-0.4, -0.2) is 44.1 Å². The molecule has 1 aromatic carbocycles. The van der Waals surface area contributed by atoms with E-state index in [0.717, 1.165) is 51.8 Å². The van der Waals surface area contributed by atoms with E-state index in [1.165, 1.54) is 0 Å². The van der Waals surface area contributed by atoms with Gasteiger partial charge in [-0.15, -0.1) is 0 Å². The molecule has 5 rings (SSSR count). The van der Waals surface area contributed by atoms with Crippen LogP contribution in [0.5, 0.6) is 0 Å². The molecule has 32 heavy (non-hydrogen) atoms. The van der Waals surface area contributed by atoms with Crippen molar-refractivity contribution in [3.05, 3.63) is 71.3 Å². The molecule has 1 aliphatic rings. The van der Waals surface area contributed by atoms with Gasteiger partial charge in [0, 0.05) is 47.5 Å². The smallest absolute Gasteiger partial charge is 0.274 e. The van der Waals surface area contributed by atoms with Crippen molar-refractivity contribution in [2.24, 2.45) is 0 Å². The molecule has 0 bridgehead atoms. The second kappa shape index (κ2) is 8.07. The summed E-state index contributed by atoms with van der Waals surface area (Å²) in [5.41, 5.74) is 12.4. The first kappa shape index (κ1) is 20.2. The molecule has 4 heterocycles. The lowest BCUT2D eigenvalue weighted by atomic mass is 9.91. The molecule has 0 atom stereocenters. The van der Waals surface area contributed by atoms with E-state index in [1.807, 2.05) is 49.1 Å². The summed E-state index contributed by atoms with van der Waals surface area (Å²) in [6.07, 6.45) is 3.55. The average molecular weight is 427 g/mol. The molecule has 4 aromatic rings. The second-order valence-corrected chi connectivity index (χ2v) is 8.58. The van der Waals surface area contributed by atoms with Crippen LogP contribution in [0.25, 0.3) is 22.0 Å². The van der Waals surface area contributed by atoms with Gasteiger partial charge in [-0.2, -0.15) is 5.10 Å². The Labute approximate surface area is 186 Å². The summed E-state index contributed by atoms with van der Waals surface area (Å²) in [6, 6.07) is 14.0. The number of hydrogen-bond acceptors (Lipinski definition) is 5. The lowest BCUT2D eigenvalue weighted by Crippen LogP contribution is -2.38. The summed E-state index contributed by atoms with van der Waals surface area (Å²) in [5, 5.41) is 8.18. The van der Waals surface area contributed by atoms with Crippen LogP contribution >= 0.6 is 0 Å². The molecule has 7 nitrogen and oxygen atoms in total. The van der Waals surface area contributed by atoms with E-state index < -0.39 is 0 Å². The summed E-state index contributed by atoms with van der Waals surface area (Å²) in [6.45, 7) is 5.42. The van der Waals surface area contributed by atoms with Gasteiger partial charge in [0.1, 0.15) is 5.82 Å². The minimum Gasteiger partial charge on any atom is -0.384 e. The van der Waals surface area contributed by atoms with Gasteiger partial charge >= 0.3 is 0 Å². The maximum atomic E-state index is 13.2. The van der Waals surface area contributed by atoms with Gasteiger partial charge in [-0.25, -0.2) is 4.98 Å². The van der Waals surface area contributed by atoms with Crippen molar-refractivity contribution in [1.82, 2.24) is 25.1 Å². The van der Waals surface area contributed by atoms with Crippen LogP contribution in [0.2, 0.25) is 0 Å². The lowest BCUT2D eigenvalue weighted by molar-refractivity contribution is 0.0708. The predicted molar refractivity (Wildman–Crippen MR) is 125 cm³/mol. The van der Waals surface area contributed by atoms with E-state index in [-0.39, 0.29) is 5.91 Å². The number of carbonyl (C=O) groups excluding carboxylic acids is 1. The molecular weight excluding hydrogens is 400 g/mol. The normalized spacial score (nSPS) is 14.8. The zero-order valence-electron chi connectivity index (χ0n) is 18.3. The summed E-state index contributed by atoms with van der Waals surface area (Å²) in [7, 11) is 0. The Morgan fingerprint density at radius 2 is 1.88 bits per heavy atom. The number of fused-ring (bicyclic) bond motifs is 1. The highest BCUT2D eigenvalue weighted by Gasteiger charge is 2.28. The number of nitrogen functional groups attached to an aromatic ring is 1. The number of aromatic nitrogens is 4. The van der Waals surface area contributed by atoms with E-state index >= 15 is 0 Å². The molecule has 1 saturated heterocycles. The van der Waals surface area contributed by atoms with E-state index in [0.29, 0.717) is 30.5 Å². The van der Waals surface area contributed by atoms with Crippen LogP contribution in [0.15, 0.2) is 48.7 Å². The Bertz CT molecular complexity index is 1290. The van der Waals surface area contributed by atoms with Crippen molar-refractivity contribution >= 4 is 22.6 Å². The fourth-order valence-corrected chi connectivity index (χ4v) is 4.47. The predicted octanol–water partition coefficient (Wildman–Crippen LogP) is 4.24. The Balaban J connectivity index is 1.33. The third-order valence-electron chi connectivity index (χ3n) is 6.21. The van der Waals surface area contributed by atoms with Crippen molar-refractivity contribution in [3.63, 3.8) is 0 Å². The highest BCUT2D eigenvalue weighted by Crippen LogP contribution is 2.31. The first-order valence-corrected chi connectivity index (χ1v) is 10.9. The molecule has 0 aliphatic carbocycles. The van der Waals surface area contributed by atoms with Crippen molar-refractivity contribution in [2.45, 2.75) is 32.6 Å². The molecule has 0 spiro atoms. The number of nitrogens with zero attached hydrogens (tertiary/aromatic N) is 4. The first-order valence-electron chi connectivity index (χ1n) is 10.9. The van der Waals surface area contributed by atoms with Crippen LogP contribution in [0.3, 0.4) is 0 Å². The fraction of sp³-hybridized carbons (Fsp3) is 0.280. The average Bonchev–Trinajstić information content (AvgIpc) is 3.22. The molecule has 3 aromatic heterocycles. The zero-order chi connectivity index (χ0) is 22.2. The maximum absolute atomic E-state index is 13.2. The molecule has 162 valence electrons. The van der Waals surface area contributed by atoms with Gasteiger partial charge in [0.05, 0.1) is 5.52 Å². The molecular formula is C25H26N6O. The monoisotopic (exact) mass is 426 g/mol. The second-order valence-electron chi connectivity index (χ2n) is 8.58. The number of carbonyl (C=O) groups is 1. The summed E-state index contributed by atoms with van der Waals surface area (Å²) < 4.78 is 0. The number of benzene rings is 1. The number of anilines is 1. The van der Waals surface area contributed by atoms with Crippen LogP contribution < -0.4 is 5.73 Å². The maximum Gasteiger partial charge on any atom is 0.274 e. The number of aromatic amines is 1. The number of likely N-dealkylation sites (tertiary alicyclic amines) is 1. The zero-order valence-corrected chi connectivity index (χ0v) is 18.3. The number of nitrogens with one attached hydrogen (secondary N) is 1. The quantitative estimate of drug-likeness (QED) is 0.510. The summed E-state index contributed by atoms with van der Waals surface area (Å²) in [4.78, 5) is 24.1. The molecule has 1 aliphatic heterocycles. The highest BCUT2D eigenvalue weighted by atomic mass is 16.2. The molecule has 3 N–H and O–H groups in total. The largest absolute Gasteiger partial charge is 0.384 e. The van der Waals surface area contributed by atoms with Crippen molar-refractivity contribution in [1.29, 1.82) is 0 Å². The number of nitrogens with two attached hydrogens (primary N) is 1. The van der Waals surface area contributed by atoms with Gasteiger partial charge in [-0.05, 0) is 68.7 Å². The third-order valence-corrected chi connectivity index (χ3v) is 6.21. The van der Waals surface area contributed by atoms with Gasteiger partial charge < -0.3 is 10.6 Å². The topological polar surface area (TPSA) is 101 Å². The summed E-state index contributed by atoms with van der Waals surface area (Å²) >= 11 is 0. The summed E-state index contributed by atoms with van der Waals surface area (Å²) in [5.74, 6) is 0.820. The third kappa shape index (κ3) is 3.82. The van der Waals surface area contributed by atoms with Gasteiger partial charge in [0.25, 0.3) is 5.91 Å². The number of H-pyrrole nitrogens is 1. The number of amides is 1. The molecule has 0 unspecified atom stereocenters. The first-order chi connectivity index (χ1) is 15.5. The molecule has 1 fully saturated rings. The van der Waals surface area contributed by atoms with E-state index in [1.54, 1.807) is 6.20 Å². The molecule has 0 saturated carbocycles. The van der Waals surface area contributed by atoms with Crippen molar-refractivity contribution in [2.75, 3.05) is 18.8 Å². The van der Waals surface area contributed by atoms with Gasteiger partial charge in [-0.3, -0.25) is 14.9 Å². The van der Waals surface area contributed by atoms with Gasteiger partial charge in [-0.1, -0.05) is 11.6 Å². The molecule has 7 heteroatoms. The Hall–Kier alpha value is -3.74. The number of hydrogen-bond donors (Lipinski definition) is 2.